The van der Waals surface area contributed by atoms with Crippen LogP contribution < -0.4 is 10.2 Å². The Morgan fingerprint density at radius 1 is 1.20 bits per heavy atom. The Balaban J connectivity index is 1.61. The largest absolute Gasteiger partial charge is 0.374 e. The highest BCUT2D eigenvalue weighted by molar-refractivity contribution is 5.56. The van der Waals surface area contributed by atoms with Gasteiger partial charge in [-0.05, 0) is 42.2 Å². The van der Waals surface area contributed by atoms with Crippen LogP contribution in [0, 0.1) is 0 Å². The molecule has 0 aliphatic carbocycles. The summed E-state index contributed by atoms with van der Waals surface area (Å²) < 4.78 is 0. The second-order valence-corrected chi connectivity index (χ2v) is 5.41. The van der Waals surface area contributed by atoms with Crippen molar-refractivity contribution in [2.24, 2.45) is 0 Å². The summed E-state index contributed by atoms with van der Waals surface area (Å²) in [5.74, 6) is 0. The van der Waals surface area contributed by atoms with Gasteiger partial charge in [0.25, 0.3) is 0 Å². The van der Waals surface area contributed by atoms with Crippen LogP contribution in [-0.4, -0.2) is 18.6 Å². The van der Waals surface area contributed by atoms with E-state index in [9.17, 15) is 0 Å². The van der Waals surface area contributed by atoms with Crippen molar-refractivity contribution in [3.63, 3.8) is 0 Å². The smallest absolute Gasteiger partial charge is 0.0541 e. The van der Waals surface area contributed by atoms with Gasteiger partial charge in [0.1, 0.15) is 0 Å². The molecule has 1 aliphatic heterocycles. The Morgan fingerprint density at radius 2 is 2.15 bits per heavy atom. The van der Waals surface area contributed by atoms with Crippen LogP contribution >= 0.6 is 0 Å². The molecule has 0 amide bonds. The minimum Gasteiger partial charge on any atom is -0.374 e. The van der Waals surface area contributed by atoms with Crippen LogP contribution in [0.4, 0.5) is 5.69 Å². The molecule has 1 aliphatic rings. The highest BCUT2D eigenvalue weighted by Gasteiger charge is 2.13. The molecule has 3 rings (SSSR count). The van der Waals surface area contributed by atoms with Gasteiger partial charge in [-0.15, -0.1) is 0 Å². The van der Waals surface area contributed by atoms with Gasteiger partial charge in [0.05, 0.1) is 5.69 Å². The molecule has 0 bridgehead atoms. The second-order valence-electron chi connectivity index (χ2n) is 5.41. The Kier molecular flexibility index (Phi) is 3.97. The first kappa shape index (κ1) is 13.1. The molecule has 3 heteroatoms. The highest BCUT2D eigenvalue weighted by Crippen LogP contribution is 2.26. The van der Waals surface area contributed by atoms with E-state index in [1.165, 1.54) is 36.2 Å². The normalized spacial score (nSPS) is 14.2. The molecule has 3 nitrogen and oxygen atoms in total. The van der Waals surface area contributed by atoms with Crippen molar-refractivity contribution < 1.29 is 0 Å². The van der Waals surface area contributed by atoms with Crippen molar-refractivity contribution in [3.8, 4) is 0 Å². The first-order chi connectivity index (χ1) is 9.83. The summed E-state index contributed by atoms with van der Waals surface area (Å²) >= 11 is 0. The second kappa shape index (κ2) is 6.06. The van der Waals surface area contributed by atoms with E-state index in [-0.39, 0.29) is 0 Å². The summed E-state index contributed by atoms with van der Waals surface area (Å²) in [4.78, 5) is 6.67. The van der Waals surface area contributed by atoms with E-state index in [0.717, 1.165) is 18.8 Å². The molecule has 0 saturated carbocycles. The molecule has 0 atom stereocenters. The fraction of sp³-hybridized carbons (Fsp3) is 0.353. The fourth-order valence-electron chi connectivity index (χ4n) is 2.79. The highest BCUT2D eigenvalue weighted by atomic mass is 15.1. The summed E-state index contributed by atoms with van der Waals surface area (Å²) in [6.45, 7) is 2.88. The molecule has 1 N–H and O–H groups in total. The first-order valence-electron chi connectivity index (χ1n) is 7.26. The summed E-state index contributed by atoms with van der Waals surface area (Å²) in [5, 5.41) is 3.46. The third kappa shape index (κ3) is 2.99. The number of anilines is 1. The van der Waals surface area contributed by atoms with E-state index in [2.05, 4.69) is 46.5 Å². The minimum atomic E-state index is 0.817. The lowest BCUT2D eigenvalue weighted by atomic mass is 9.99. The average molecular weight is 267 g/mol. The van der Waals surface area contributed by atoms with Gasteiger partial charge in [0, 0.05) is 38.6 Å². The maximum Gasteiger partial charge on any atom is 0.0541 e. The van der Waals surface area contributed by atoms with Crippen LogP contribution in [0.15, 0.2) is 42.6 Å². The molecular formula is C17H21N3. The van der Waals surface area contributed by atoms with E-state index in [0.29, 0.717) is 0 Å². The number of rotatable bonds is 4. The number of aryl methyl sites for hydroxylation is 1. The molecule has 0 fully saturated rings. The molecule has 1 aromatic carbocycles. The predicted octanol–water partition coefficient (Wildman–Crippen LogP) is 2.75. The molecule has 2 aromatic rings. The number of pyridine rings is 1. The molecule has 0 unspecified atom stereocenters. The molecule has 0 radical (unpaired) electrons. The van der Waals surface area contributed by atoms with Gasteiger partial charge in [0.2, 0.25) is 0 Å². The molecule has 20 heavy (non-hydrogen) atoms. The number of hydrogen-bond donors (Lipinski definition) is 1. The number of nitrogens with one attached hydrogen (secondary N) is 1. The lowest BCUT2D eigenvalue weighted by molar-refractivity contribution is 0.676. The summed E-state index contributed by atoms with van der Waals surface area (Å²) in [6.07, 6.45) is 4.30. The topological polar surface area (TPSA) is 28.2 Å². The zero-order valence-electron chi connectivity index (χ0n) is 12.0. The molecule has 0 saturated heterocycles. The van der Waals surface area contributed by atoms with Gasteiger partial charge in [0.15, 0.2) is 0 Å². The fourth-order valence-corrected chi connectivity index (χ4v) is 2.79. The SMILES string of the molecule is CN1CCCc2cc(CNCc3ccccn3)ccc21. The third-order valence-electron chi connectivity index (χ3n) is 3.86. The summed E-state index contributed by atoms with van der Waals surface area (Å²) in [7, 11) is 2.18. The van der Waals surface area contributed by atoms with E-state index in [1.54, 1.807) is 0 Å². The third-order valence-corrected chi connectivity index (χ3v) is 3.86. The maximum absolute atomic E-state index is 4.32. The van der Waals surface area contributed by atoms with Crippen molar-refractivity contribution in [1.82, 2.24) is 10.3 Å². The standard InChI is InChI=1S/C17H21N3/c1-20-10-4-5-15-11-14(7-8-17(15)20)12-18-13-16-6-2-3-9-19-16/h2-3,6-9,11,18H,4-5,10,12-13H2,1H3. The maximum atomic E-state index is 4.32. The number of nitrogens with zero attached hydrogens (tertiary/aromatic N) is 2. The predicted molar refractivity (Wildman–Crippen MR) is 82.8 cm³/mol. The van der Waals surface area contributed by atoms with Crippen LogP contribution in [0.1, 0.15) is 23.2 Å². The van der Waals surface area contributed by atoms with Gasteiger partial charge in [-0.2, -0.15) is 0 Å². The zero-order valence-corrected chi connectivity index (χ0v) is 12.0. The van der Waals surface area contributed by atoms with E-state index < -0.39 is 0 Å². The quantitative estimate of drug-likeness (QED) is 0.923. The van der Waals surface area contributed by atoms with Crippen molar-refractivity contribution in [3.05, 3.63) is 59.4 Å². The number of aromatic nitrogens is 1. The Morgan fingerprint density at radius 3 is 3.00 bits per heavy atom. The Bertz CT molecular complexity index is 566. The molecular weight excluding hydrogens is 246 g/mol. The number of benzene rings is 1. The number of hydrogen-bond acceptors (Lipinski definition) is 3. The van der Waals surface area contributed by atoms with E-state index in [1.807, 2.05) is 18.3 Å². The van der Waals surface area contributed by atoms with Crippen LogP contribution in [0.3, 0.4) is 0 Å². The van der Waals surface area contributed by atoms with Crippen molar-refractivity contribution in [1.29, 1.82) is 0 Å². The van der Waals surface area contributed by atoms with E-state index in [4.69, 9.17) is 0 Å². The average Bonchev–Trinajstić information content (AvgIpc) is 2.48. The van der Waals surface area contributed by atoms with Gasteiger partial charge >= 0.3 is 0 Å². The van der Waals surface area contributed by atoms with Gasteiger partial charge < -0.3 is 10.2 Å². The van der Waals surface area contributed by atoms with Crippen LogP contribution in [0.5, 0.6) is 0 Å². The molecule has 1 aromatic heterocycles. The molecule has 2 heterocycles. The first-order valence-corrected chi connectivity index (χ1v) is 7.26. The van der Waals surface area contributed by atoms with Gasteiger partial charge in [-0.1, -0.05) is 18.2 Å². The monoisotopic (exact) mass is 267 g/mol. The van der Waals surface area contributed by atoms with Crippen LogP contribution in [-0.2, 0) is 19.5 Å². The lowest BCUT2D eigenvalue weighted by Gasteiger charge is -2.27. The Hall–Kier alpha value is -1.87. The van der Waals surface area contributed by atoms with Crippen LogP contribution in [0.25, 0.3) is 0 Å². The summed E-state index contributed by atoms with van der Waals surface area (Å²) in [5.41, 5.74) is 5.32. The van der Waals surface area contributed by atoms with Crippen molar-refractivity contribution in [2.75, 3.05) is 18.5 Å². The zero-order chi connectivity index (χ0) is 13.8. The number of fused-ring (bicyclic) bond motifs is 1. The minimum absolute atomic E-state index is 0.817. The molecule has 104 valence electrons. The van der Waals surface area contributed by atoms with Crippen molar-refractivity contribution >= 4 is 5.69 Å². The van der Waals surface area contributed by atoms with E-state index >= 15 is 0 Å². The summed E-state index contributed by atoms with van der Waals surface area (Å²) in [6, 6.07) is 12.9. The lowest BCUT2D eigenvalue weighted by Crippen LogP contribution is -2.24. The van der Waals surface area contributed by atoms with Gasteiger partial charge in [-0.3, -0.25) is 4.98 Å². The molecule has 0 spiro atoms. The van der Waals surface area contributed by atoms with Gasteiger partial charge in [-0.25, -0.2) is 0 Å². The Labute approximate surface area is 120 Å². The van der Waals surface area contributed by atoms with Crippen molar-refractivity contribution in [2.45, 2.75) is 25.9 Å². The van der Waals surface area contributed by atoms with Crippen LogP contribution in [0.2, 0.25) is 0 Å².